The number of rotatable bonds is 5. The van der Waals surface area contributed by atoms with Crippen molar-refractivity contribution in [3.8, 4) is 0 Å². The van der Waals surface area contributed by atoms with E-state index in [1.807, 2.05) is 37.3 Å². The van der Waals surface area contributed by atoms with Gasteiger partial charge in [-0.05, 0) is 37.1 Å². The van der Waals surface area contributed by atoms with Gasteiger partial charge in [-0.25, -0.2) is 13.4 Å². The molecule has 142 valence electrons. The molecule has 1 N–H and O–H groups in total. The van der Waals surface area contributed by atoms with Crippen LogP contribution in [0.1, 0.15) is 43.0 Å². The molecule has 27 heavy (non-hydrogen) atoms. The summed E-state index contributed by atoms with van der Waals surface area (Å²) in [7, 11) is -3.31. The van der Waals surface area contributed by atoms with Crippen LogP contribution in [-0.4, -0.2) is 30.8 Å². The van der Waals surface area contributed by atoms with Gasteiger partial charge in [0.15, 0.2) is 0 Å². The number of anilines is 1. The number of nitrogens with zero attached hydrogens (tertiary/aromatic N) is 2. The summed E-state index contributed by atoms with van der Waals surface area (Å²) >= 11 is 0. The Morgan fingerprint density at radius 1 is 1.22 bits per heavy atom. The lowest BCUT2D eigenvalue weighted by Gasteiger charge is -2.20. The van der Waals surface area contributed by atoms with Crippen LogP contribution in [0.15, 0.2) is 53.6 Å². The first-order chi connectivity index (χ1) is 12.8. The molecule has 0 aliphatic carbocycles. The van der Waals surface area contributed by atoms with Gasteiger partial charge >= 0.3 is 0 Å². The van der Waals surface area contributed by atoms with Crippen molar-refractivity contribution < 1.29 is 13.2 Å². The molecule has 0 saturated heterocycles. The number of nitrogens with one attached hydrogen (secondary N) is 1. The fraction of sp³-hybridized carbons (Fsp3) is 0.300. The molecule has 0 saturated carbocycles. The number of hydrazone groups is 1. The smallest absolute Gasteiger partial charge is 0.240 e. The number of sulfonamides is 1. The maximum atomic E-state index is 12.1. The summed E-state index contributed by atoms with van der Waals surface area (Å²) in [5.74, 6) is -0.0865. The normalized spacial score (nSPS) is 16.9. The van der Waals surface area contributed by atoms with Gasteiger partial charge in [0.25, 0.3) is 0 Å². The molecule has 1 unspecified atom stereocenters. The average molecular weight is 385 g/mol. The van der Waals surface area contributed by atoms with Crippen molar-refractivity contribution >= 4 is 27.3 Å². The third-order valence-corrected chi connectivity index (χ3v) is 5.84. The summed E-state index contributed by atoms with van der Waals surface area (Å²) < 4.78 is 25.9. The summed E-state index contributed by atoms with van der Waals surface area (Å²) in [6.07, 6.45) is 0.614. The minimum Gasteiger partial charge on any atom is -0.284 e. The Bertz CT molecular complexity index is 982. The highest BCUT2D eigenvalue weighted by Gasteiger charge is 2.31. The summed E-state index contributed by atoms with van der Waals surface area (Å²) in [6.45, 7) is 5.12. The zero-order valence-corrected chi connectivity index (χ0v) is 16.5. The summed E-state index contributed by atoms with van der Waals surface area (Å²) in [6, 6.07) is 15.0. The van der Waals surface area contributed by atoms with Gasteiger partial charge in [0.05, 0.1) is 17.5 Å². The lowest BCUT2D eigenvalue weighted by Crippen LogP contribution is -2.24. The third kappa shape index (κ3) is 4.36. The first-order valence-corrected chi connectivity index (χ1v) is 10.5. The molecule has 0 fully saturated rings. The van der Waals surface area contributed by atoms with Gasteiger partial charge in [0.1, 0.15) is 0 Å². The van der Waals surface area contributed by atoms with E-state index >= 15 is 0 Å². The number of aryl methyl sites for hydroxylation is 1. The second kappa shape index (κ2) is 7.52. The Morgan fingerprint density at radius 3 is 2.52 bits per heavy atom. The molecule has 0 spiro atoms. The van der Waals surface area contributed by atoms with Crippen LogP contribution < -0.4 is 4.72 Å². The molecule has 2 aromatic rings. The van der Waals surface area contributed by atoms with E-state index in [0.29, 0.717) is 12.1 Å². The molecule has 6 nitrogen and oxygen atoms in total. The van der Waals surface area contributed by atoms with E-state index in [0.717, 1.165) is 22.4 Å². The topological polar surface area (TPSA) is 78.8 Å². The van der Waals surface area contributed by atoms with E-state index in [4.69, 9.17) is 0 Å². The van der Waals surface area contributed by atoms with Crippen LogP contribution in [0.5, 0.6) is 0 Å². The highest BCUT2D eigenvalue weighted by Crippen LogP contribution is 2.33. The third-order valence-electron chi connectivity index (χ3n) is 4.53. The first-order valence-electron chi connectivity index (χ1n) is 8.84. The van der Waals surface area contributed by atoms with Gasteiger partial charge in [-0.3, -0.25) is 9.52 Å². The van der Waals surface area contributed by atoms with Crippen molar-refractivity contribution in [1.82, 2.24) is 5.01 Å². The van der Waals surface area contributed by atoms with Crippen LogP contribution in [0.25, 0.3) is 0 Å². The number of hydrogen-bond donors (Lipinski definition) is 1. The van der Waals surface area contributed by atoms with E-state index in [1.54, 1.807) is 19.1 Å². The molecule has 1 aliphatic heterocycles. The SMILES string of the molecule is CCS(=O)(=O)Nc1ccc(C2=NN(C(C)=O)C(c3cccc(C)c3)C2)cc1. The molecule has 1 heterocycles. The molecule has 7 heteroatoms. The minimum atomic E-state index is -3.31. The molecule has 0 radical (unpaired) electrons. The zero-order chi connectivity index (χ0) is 19.6. The fourth-order valence-corrected chi connectivity index (χ4v) is 3.73. The van der Waals surface area contributed by atoms with Gasteiger partial charge in [-0.15, -0.1) is 0 Å². The standard InChI is InChI=1S/C20H23N3O3S/c1-4-27(25,26)22-18-10-8-16(9-11-18)19-13-20(23(21-19)15(3)24)17-7-5-6-14(2)12-17/h5-12,20,22H,4,13H2,1-3H3. The van der Waals surface area contributed by atoms with Gasteiger partial charge in [0.2, 0.25) is 15.9 Å². The lowest BCUT2D eigenvalue weighted by molar-refractivity contribution is -0.130. The maximum absolute atomic E-state index is 12.1. The Hall–Kier alpha value is -2.67. The van der Waals surface area contributed by atoms with E-state index in [1.165, 1.54) is 11.9 Å². The van der Waals surface area contributed by atoms with E-state index < -0.39 is 10.0 Å². The molecule has 1 atom stereocenters. The van der Waals surface area contributed by atoms with Crippen molar-refractivity contribution in [1.29, 1.82) is 0 Å². The number of carbonyl (C=O) groups excluding carboxylic acids is 1. The van der Waals surface area contributed by atoms with Crippen molar-refractivity contribution in [3.05, 3.63) is 65.2 Å². The number of hydrogen-bond acceptors (Lipinski definition) is 4. The molecule has 3 rings (SSSR count). The molecule has 0 bridgehead atoms. The largest absolute Gasteiger partial charge is 0.284 e. The maximum Gasteiger partial charge on any atom is 0.240 e. The predicted molar refractivity (Wildman–Crippen MR) is 107 cm³/mol. The Balaban J connectivity index is 1.84. The predicted octanol–water partition coefficient (Wildman–Crippen LogP) is 3.45. The van der Waals surface area contributed by atoms with Crippen LogP contribution in [0.2, 0.25) is 0 Å². The zero-order valence-electron chi connectivity index (χ0n) is 15.6. The minimum absolute atomic E-state index is 0.0210. The number of benzene rings is 2. The van der Waals surface area contributed by atoms with Crippen molar-refractivity contribution in [2.75, 3.05) is 10.5 Å². The van der Waals surface area contributed by atoms with Crippen molar-refractivity contribution in [2.45, 2.75) is 33.2 Å². The van der Waals surface area contributed by atoms with Crippen LogP contribution in [0, 0.1) is 6.92 Å². The quantitative estimate of drug-likeness (QED) is 0.856. The van der Waals surface area contributed by atoms with E-state index in [9.17, 15) is 13.2 Å². The van der Waals surface area contributed by atoms with Crippen molar-refractivity contribution in [2.24, 2.45) is 5.10 Å². The number of amides is 1. The lowest BCUT2D eigenvalue weighted by atomic mass is 9.97. The monoisotopic (exact) mass is 385 g/mol. The van der Waals surface area contributed by atoms with Gasteiger partial charge < -0.3 is 0 Å². The molecule has 1 aliphatic rings. The Kier molecular flexibility index (Phi) is 5.32. The van der Waals surface area contributed by atoms with Crippen LogP contribution in [-0.2, 0) is 14.8 Å². The second-order valence-electron chi connectivity index (χ2n) is 6.63. The molecular weight excluding hydrogens is 362 g/mol. The summed E-state index contributed by atoms with van der Waals surface area (Å²) in [4.78, 5) is 12.1. The molecule has 0 aromatic heterocycles. The van der Waals surface area contributed by atoms with Gasteiger partial charge in [-0.1, -0.05) is 42.0 Å². The van der Waals surface area contributed by atoms with Crippen LogP contribution in [0.4, 0.5) is 5.69 Å². The molecular formula is C20H23N3O3S. The van der Waals surface area contributed by atoms with Crippen LogP contribution >= 0.6 is 0 Å². The molecule has 1 amide bonds. The second-order valence-corrected chi connectivity index (χ2v) is 8.64. The highest BCUT2D eigenvalue weighted by atomic mass is 32.2. The summed E-state index contributed by atoms with van der Waals surface area (Å²) in [5.41, 5.74) is 4.38. The van der Waals surface area contributed by atoms with Gasteiger partial charge in [0, 0.05) is 19.0 Å². The highest BCUT2D eigenvalue weighted by molar-refractivity contribution is 7.92. The van der Waals surface area contributed by atoms with E-state index in [2.05, 4.69) is 15.9 Å². The fourth-order valence-electron chi connectivity index (χ4n) is 3.09. The average Bonchev–Trinajstić information content (AvgIpc) is 3.08. The van der Waals surface area contributed by atoms with Crippen molar-refractivity contribution in [3.63, 3.8) is 0 Å². The molecule has 2 aromatic carbocycles. The van der Waals surface area contributed by atoms with Crippen LogP contribution in [0.3, 0.4) is 0 Å². The Morgan fingerprint density at radius 2 is 1.93 bits per heavy atom. The van der Waals surface area contributed by atoms with Gasteiger partial charge in [-0.2, -0.15) is 5.10 Å². The summed E-state index contributed by atoms with van der Waals surface area (Å²) in [5, 5.41) is 6.05. The van der Waals surface area contributed by atoms with E-state index in [-0.39, 0.29) is 17.7 Å². The number of carbonyl (C=O) groups is 1. The Labute approximate surface area is 159 Å². The first kappa shape index (κ1) is 19.1.